The molecule has 0 heterocycles. The maximum absolute atomic E-state index is 10.7. The van der Waals surface area contributed by atoms with E-state index < -0.39 is 5.97 Å². The van der Waals surface area contributed by atoms with Gasteiger partial charge in [0.2, 0.25) is 0 Å². The zero-order valence-corrected chi connectivity index (χ0v) is 9.37. The summed E-state index contributed by atoms with van der Waals surface area (Å²) in [5.41, 5.74) is 1.71. The molecule has 0 amide bonds. The van der Waals surface area contributed by atoms with Gasteiger partial charge in [-0.15, -0.1) is 11.6 Å². The van der Waals surface area contributed by atoms with E-state index in [1.807, 2.05) is 36.4 Å². The minimum Gasteiger partial charge on any atom is -0.481 e. The van der Waals surface area contributed by atoms with Crippen molar-refractivity contribution in [2.45, 2.75) is 12.3 Å². The average molecular weight is 235 g/mol. The lowest BCUT2D eigenvalue weighted by atomic mass is 9.98. The number of benzene rings is 2. The highest BCUT2D eigenvalue weighted by molar-refractivity contribution is 6.18. The highest BCUT2D eigenvalue weighted by atomic mass is 35.5. The molecule has 1 N–H and O–H groups in total. The highest BCUT2D eigenvalue weighted by Gasteiger charge is 2.09. The Balaban J connectivity index is 2.63. The van der Waals surface area contributed by atoms with Crippen LogP contribution in [0.4, 0.5) is 0 Å². The summed E-state index contributed by atoms with van der Waals surface area (Å²) in [6.45, 7) is 0. The zero-order valence-electron chi connectivity index (χ0n) is 8.61. The Kier molecular flexibility index (Phi) is 3.11. The molecule has 0 atom stereocenters. The zero-order chi connectivity index (χ0) is 11.5. The second-order valence-corrected chi connectivity index (χ2v) is 3.90. The van der Waals surface area contributed by atoms with Gasteiger partial charge in [0.25, 0.3) is 0 Å². The van der Waals surface area contributed by atoms with E-state index in [2.05, 4.69) is 0 Å². The van der Waals surface area contributed by atoms with Crippen molar-refractivity contribution in [3.63, 3.8) is 0 Å². The summed E-state index contributed by atoms with van der Waals surface area (Å²) in [5, 5.41) is 10.9. The van der Waals surface area contributed by atoms with E-state index in [1.165, 1.54) is 0 Å². The number of fused-ring (bicyclic) bond motifs is 1. The maximum atomic E-state index is 10.7. The Labute approximate surface area is 98.5 Å². The van der Waals surface area contributed by atoms with Gasteiger partial charge in [-0.25, -0.2) is 0 Å². The number of carbonyl (C=O) groups is 1. The maximum Gasteiger partial charge on any atom is 0.307 e. The van der Waals surface area contributed by atoms with Crippen LogP contribution in [0.25, 0.3) is 10.8 Å². The van der Waals surface area contributed by atoms with E-state index in [0.29, 0.717) is 5.88 Å². The largest absolute Gasteiger partial charge is 0.481 e. The lowest BCUT2D eigenvalue weighted by Gasteiger charge is -2.09. The van der Waals surface area contributed by atoms with Crippen LogP contribution < -0.4 is 0 Å². The van der Waals surface area contributed by atoms with E-state index in [0.717, 1.165) is 21.9 Å². The first-order chi connectivity index (χ1) is 7.72. The average Bonchev–Trinajstić information content (AvgIpc) is 2.28. The summed E-state index contributed by atoms with van der Waals surface area (Å²) in [6.07, 6.45) is 0.0207. The minimum absolute atomic E-state index is 0.0207. The molecule has 0 unspecified atom stereocenters. The highest BCUT2D eigenvalue weighted by Crippen LogP contribution is 2.24. The number of hydrogen-bond donors (Lipinski definition) is 1. The Bertz CT molecular complexity index is 534. The van der Waals surface area contributed by atoms with Gasteiger partial charge >= 0.3 is 5.97 Å². The van der Waals surface area contributed by atoms with Gasteiger partial charge < -0.3 is 5.11 Å². The predicted octanol–water partition coefficient (Wildman–Crippen LogP) is 3.21. The van der Waals surface area contributed by atoms with Crippen LogP contribution in [0.2, 0.25) is 0 Å². The normalized spacial score (nSPS) is 10.6. The lowest BCUT2D eigenvalue weighted by Crippen LogP contribution is -2.03. The minimum atomic E-state index is -0.832. The van der Waals surface area contributed by atoms with Gasteiger partial charge in [-0.05, 0) is 21.9 Å². The summed E-state index contributed by atoms with van der Waals surface area (Å²) >= 11 is 5.90. The van der Waals surface area contributed by atoms with Crippen LogP contribution >= 0.6 is 11.6 Å². The Morgan fingerprint density at radius 3 is 2.62 bits per heavy atom. The monoisotopic (exact) mass is 234 g/mol. The predicted molar refractivity (Wildman–Crippen MR) is 64.8 cm³/mol. The molecule has 0 bridgehead atoms. The number of alkyl halides is 1. The fourth-order valence-corrected chi connectivity index (χ4v) is 2.18. The van der Waals surface area contributed by atoms with Gasteiger partial charge in [-0.2, -0.15) is 0 Å². The number of carboxylic acids is 1. The molecule has 2 aromatic carbocycles. The van der Waals surface area contributed by atoms with Crippen molar-refractivity contribution in [1.29, 1.82) is 0 Å². The number of carboxylic acid groups (broad SMARTS) is 1. The number of halogens is 1. The third kappa shape index (κ3) is 2.02. The molecule has 0 spiro atoms. The molecular formula is C13H11ClO2. The SMILES string of the molecule is O=C(O)Cc1ccc2ccccc2c1CCl. The first kappa shape index (κ1) is 11.0. The number of rotatable bonds is 3. The van der Waals surface area contributed by atoms with Crippen molar-refractivity contribution in [3.8, 4) is 0 Å². The second-order valence-electron chi connectivity index (χ2n) is 3.63. The molecule has 0 saturated heterocycles. The van der Waals surface area contributed by atoms with E-state index in [4.69, 9.17) is 16.7 Å². The van der Waals surface area contributed by atoms with Crippen LogP contribution in [0.5, 0.6) is 0 Å². The molecule has 0 aromatic heterocycles. The van der Waals surface area contributed by atoms with Gasteiger partial charge in [0.15, 0.2) is 0 Å². The summed E-state index contributed by atoms with van der Waals surface area (Å²) < 4.78 is 0. The molecule has 0 fully saturated rings. The van der Waals surface area contributed by atoms with Crippen LogP contribution in [-0.4, -0.2) is 11.1 Å². The van der Waals surface area contributed by atoms with Crippen molar-refractivity contribution in [1.82, 2.24) is 0 Å². The smallest absolute Gasteiger partial charge is 0.307 e. The molecular weight excluding hydrogens is 224 g/mol. The van der Waals surface area contributed by atoms with E-state index in [1.54, 1.807) is 0 Å². The van der Waals surface area contributed by atoms with Gasteiger partial charge in [-0.1, -0.05) is 36.4 Å². The van der Waals surface area contributed by atoms with Crippen molar-refractivity contribution >= 4 is 28.3 Å². The van der Waals surface area contributed by atoms with Crippen LogP contribution in [0.1, 0.15) is 11.1 Å². The molecule has 0 aliphatic heterocycles. The van der Waals surface area contributed by atoms with Crippen molar-refractivity contribution < 1.29 is 9.90 Å². The molecule has 16 heavy (non-hydrogen) atoms. The number of aliphatic carboxylic acids is 1. The van der Waals surface area contributed by atoms with E-state index in [-0.39, 0.29) is 6.42 Å². The van der Waals surface area contributed by atoms with Gasteiger partial charge in [0, 0.05) is 5.88 Å². The van der Waals surface area contributed by atoms with Gasteiger partial charge in [0.1, 0.15) is 0 Å². The van der Waals surface area contributed by atoms with Gasteiger partial charge in [0.05, 0.1) is 6.42 Å². The summed E-state index contributed by atoms with van der Waals surface area (Å²) in [6, 6.07) is 11.6. The molecule has 2 aromatic rings. The Morgan fingerprint density at radius 1 is 1.19 bits per heavy atom. The molecule has 0 aliphatic carbocycles. The molecule has 2 nitrogen and oxygen atoms in total. The lowest BCUT2D eigenvalue weighted by molar-refractivity contribution is -0.136. The van der Waals surface area contributed by atoms with Crippen LogP contribution in [-0.2, 0) is 17.1 Å². The summed E-state index contributed by atoms with van der Waals surface area (Å²) in [4.78, 5) is 10.7. The molecule has 2 rings (SSSR count). The molecule has 3 heteroatoms. The fraction of sp³-hybridized carbons (Fsp3) is 0.154. The second kappa shape index (κ2) is 4.54. The topological polar surface area (TPSA) is 37.3 Å². The molecule has 0 radical (unpaired) electrons. The van der Waals surface area contributed by atoms with Gasteiger partial charge in [-0.3, -0.25) is 4.79 Å². The van der Waals surface area contributed by atoms with Crippen molar-refractivity contribution in [3.05, 3.63) is 47.5 Å². The molecule has 82 valence electrons. The fourth-order valence-electron chi connectivity index (χ4n) is 1.87. The third-order valence-electron chi connectivity index (χ3n) is 2.61. The van der Waals surface area contributed by atoms with E-state index >= 15 is 0 Å². The van der Waals surface area contributed by atoms with Crippen molar-refractivity contribution in [2.24, 2.45) is 0 Å². The third-order valence-corrected chi connectivity index (χ3v) is 2.88. The molecule has 0 saturated carbocycles. The first-order valence-corrected chi connectivity index (χ1v) is 5.53. The van der Waals surface area contributed by atoms with Crippen molar-refractivity contribution in [2.75, 3.05) is 0 Å². The Morgan fingerprint density at radius 2 is 1.94 bits per heavy atom. The molecule has 0 aliphatic rings. The van der Waals surface area contributed by atoms with E-state index in [9.17, 15) is 4.79 Å². The van der Waals surface area contributed by atoms with Crippen LogP contribution in [0.3, 0.4) is 0 Å². The summed E-state index contributed by atoms with van der Waals surface area (Å²) in [5.74, 6) is -0.495. The first-order valence-electron chi connectivity index (χ1n) is 4.99. The van der Waals surface area contributed by atoms with Crippen LogP contribution in [0.15, 0.2) is 36.4 Å². The standard InChI is InChI=1S/C13H11ClO2/c14-8-12-10(7-13(15)16)6-5-9-3-1-2-4-11(9)12/h1-6H,7-8H2,(H,15,16). The Hall–Kier alpha value is -1.54. The number of hydrogen-bond acceptors (Lipinski definition) is 1. The summed E-state index contributed by atoms with van der Waals surface area (Å²) in [7, 11) is 0. The quantitative estimate of drug-likeness (QED) is 0.828. The van der Waals surface area contributed by atoms with Crippen LogP contribution in [0, 0.1) is 0 Å².